The first kappa shape index (κ1) is 18.4. The van der Waals surface area contributed by atoms with Crippen LogP contribution < -0.4 is 5.32 Å². The van der Waals surface area contributed by atoms with E-state index in [0.717, 1.165) is 31.3 Å². The zero-order valence-electron chi connectivity index (χ0n) is 15.9. The van der Waals surface area contributed by atoms with Gasteiger partial charge in [0.2, 0.25) is 5.91 Å². The molecule has 3 nitrogen and oxygen atoms in total. The highest BCUT2D eigenvalue weighted by Gasteiger charge is 2.29. The molecule has 1 amide bonds. The van der Waals surface area contributed by atoms with Crippen molar-refractivity contribution in [2.75, 3.05) is 19.6 Å². The second-order valence-electron chi connectivity index (χ2n) is 8.35. The molecule has 1 aliphatic heterocycles. The summed E-state index contributed by atoms with van der Waals surface area (Å²) in [7, 11) is 0. The van der Waals surface area contributed by atoms with Crippen molar-refractivity contribution in [3.8, 4) is 0 Å². The van der Waals surface area contributed by atoms with Crippen LogP contribution in [0.15, 0.2) is 30.3 Å². The number of nitrogens with zero attached hydrogens (tertiary/aromatic N) is 1. The minimum atomic E-state index is 0.229. The van der Waals surface area contributed by atoms with Crippen molar-refractivity contribution in [1.82, 2.24) is 10.2 Å². The van der Waals surface area contributed by atoms with Gasteiger partial charge in [0.05, 0.1) is 6.54 Å². The number of amides is 1. The van der Waals surface area contributed by atoms with E-state index in [4.69, 9.17) is 0 Å². The largest absolute Gasteiger partial charge is 0.352 e. The molecular formula is C22H34N2O. The van der Waals surface area contributed by atoms with Gasteiger partial charge < -0.3 is 5.32 Å². The standard InChI is InChI=1S/C22H34N2O/c1-17-7-6-10-21(18(17)2)23-22(25)16-24-13-11-20(12-14-24)15-19-8-4-3-5-9-19/h3-5,8-9,17-18,20-21H,6-7,10-16H2,1-2H3,(H,23,25)/t17-,18+,21+/m1/s1. The van der Waals surface area contributed by atoms with Gasteiger partial charge in [-0.15, -0.1) is 0 Å². The van der Waals surface area contributed by atoms with E-state index in [1.54, 1.807) is 0 Å². The number of carbonyl (C=O) groups excluding carboxylic acids is 1. The molecule has 3 rings (SSSR count). The van der Waals surface area contributed by atoms with Crippen LogP contribution in [0, 0.1) is 17.8 Å². The number of hydrogen-bond donors (Lipinski definition) is 1. The highest BCUT2D eigenvalue weighted by atomic mass is 16.2. The molecule has 2 aliphatic rings. The Morgan fingerprint density at radius 2 is 1.80 bits per heavy atom. The maximum atomic E-state index is 12.5. The van der Waals surface area contributed by atoms with Crippen molar-refractivity contribution < 1.29 is 4.79 Å². The van der Waals surface area contributed by atoms with E-state index in [1.165, 1.54) is 37.7 Å². The first-order valence-electron chi connectivity index (χ1n) is 10.2. The summed E-state index contributed by atoms with van der Waals surface area (Å²) in [4.78, 5) is 14.8. The summed E-state index contributed by atoms with van der Waals surface area (Å²) < 4.78 is 0. The van der Waals surface area contributed by atoms with Crippen molar-refractivity contribution >= 4 is 5.91 Å². The van der Waals surface area contributed by atoms with Crippen molar-refractivity contribution in [3.05, 3.63) is 35.9 Å². The molecule has 1 saturated carbocycles. The maximum absolute atomic E-state index is 12.5. The van der Waals surface area contributed by atoms with Crippen molar-refractivity contribution in [3.63, 3.8) is 0 Å². The molecule has 1 heterocycles. The van der Waals surface area contributed by atoms with Gasteiger partial charge in [0.15, 0.2) is 0 Å². The van der Waals surface area contributed by atoms with Gasteiger partial charge in [-0.2, -0.15) is 0 Å². The number of nitrogens with one attached hydrogen (secondary N) is 1. The number of likely N-dealkylation sites (tertiary alicyclic amines) is 1. The van der Waals surface area contributed by atoms with Gasteiger partial charge >= 0.3 is 0 Å². The Balaban J connectivity index is 1.39. The van der Waals surface area contributed by atoms with Crippen LogP contribution in [0.3, 0.4) is 0 Å². The minimum absolute atomic E-state index is 0.229. The van der Waals surface area contributed by atoms with Crippen LogP contribution in [0.25, 0.3) is 0 Å². The molecular weight excluding hydrogens is 308 g/mol. The Bertz CT molecular complexity index is 536. The zero-order chi connectivity index (χ0) is 17.6. The summed E-state index contributed by atoms with van der Waals surface area (Å²) in [5.74, 6) is 2.33. The van der Waals surface area contributed by atoms with Gasteiger partial charge in [0.1, 0.15) is 0 Å². The number of hydrogen-bond acceptors (Lipinski definition) is 2. The second-order valence-corrected chi connectivity index (χ2v) is 8.35. The molecule has 0 spiro atoms. The average molecular weight is 343 g/mol. The monoisotopic (exact) mass is 342 g/mol. The lowest BCUT2D eigenvalue weighted by atomic mass is 9.78. The van der Waals surface area contributed by atoms with Crippen LogP contribution in [-0.4, -0.2) is 36.5 Å². The third-order valence-electron chi connectivity index (χ3n) is 6.49. The molecule has 1 saturated heterocycles. The second kappa shape index (κ2) is 8.84. The highest BCUT2D eigenvalue weighted by molar-refractivity contribution is 5.78. The predicted molar refractivity (Wildman–Crippen MR) is 103 cm³/mol. The van der Waals surface area contributed by atoms with Crippen LogP contribution in [0.1, 0.15) is 51.5 Å². The fraction of sp³-hybridized carbons (Fsp3) is 0.682. The number of piperidine rings is 1. The van der Waals surface area contributed by atoms with E-state index in [0.29, 0.717) is 18.5 Å². The number of rotatable bonds is 5. The quantitative estimate of drug-likeness (QED) is 0.881. The van der Waals surface area contributed by atoms with E-state index in [1.807, 2.05) is 0 Å². The molecule has 2 fully saturated rings. The van der Waals surface area contributed by atoms with E-state index >= 15 is 0 Å². The molecule has 3 heteroatoms. The lowest BCUT2D eigenvalue weighted by molar-refractivity contribution is -0.124. The Morgan fingerprint density at radius 3 is 2.52 bits per heavy atom. The third-order valence-corrected chi connectivity index (χ3v) is 6.49. The van der Waals surface area contributed by atoms with E-state index < -0.39 is 0 Å². The molecule has 0 unspecified atom stereocenters. The van der Waals surface area contributed by atoms with Crippen molar-refractivity contribution in [1.29, 1.82) is 0 Å². The first-order chi connectivity index (χ1) is 12.1. The minimum Gasteiger partial charge on any atom is -0.352 e. The third kappa shape index (κ3) is 5.31. The summed E-state index contributed by atoms with van der Waals surface area (Å²) in [5, 5.41) is 3.32. The van der Waals surface area contributed by atoms with Crippen LogP contribution in [0.4, 0.5) is 0 Å². The lowest BCUT2D eigenvalue weighted by Crippen LogP contribution is -2.48. The molecule has 1 N–H and O–H groups in total. The van der Waals surface area contributed by atoms with Gasteiger partial charge in [0, 0.05) is 6.04 Å². The molecule has 25 heavy (non-hydrogen) atoms. The maximum Gasteiger partial charge on any atom is 0.234 e. The van der Waals surface area contributed by atoms with Gasteiger partial charge in [-0.3, -0.25) is 9.69 Å². The smallest absolute Gasteiger partial charge is 0.234 e. The average Bonchev–Trinajstić information content (AvgIpc) is 2.62. The lowest BCUT2D eigenvalue weighted by Gasteiger charge is -2.36. The molecule has 1 aromatic carbocycles. The van der Waals surface area contributed by atoms with Gasteiger partial charge in [0.25, 0.3) is 0 Å². The zero-order valence-corrected chi connectivity index (χ0v) is 15.9. The summed E-state index contributed by atoms with van der Waals surface area (Å²) in [5.41, 5.74) is 1.44. The molecule has 138 valence electrons. The Morgan fingerprint density at radius 1 is 1.08 bits per heavy atom. The van der Waals surface area contributed by atoms with E-state index in [-0.39, 0.29) is 5.91 Å². The van der Waals surface area contributed by atoms with Crippen LogP contribution in [0.2, 0.25) is 0 Å². The topological polar surface area (TPSA) is 32.3 Å². The molecule has 1 aliphatic carbocycles. The van der Waals surface area contributed by atoms with Gasteiger partial charge in [-0.25, -0.2) is 0 Å². The molecule has 0 aromatic heterocycles. The molecule has 0 radical (unpaired) electrons. The summed E-state index contributed by atoms with van der Waals surface area (Å²) in [6, 6.07) is 11.2. The van der Waals surface area contributed by atoms with Crippen LogP contribution >= 0.6 is 0 Å². The Kier molecular flexibility index (Phi) is 6.52. The number of benzene rings is 1. The number of carbonyl (C=O) groups is 1. The summed E-state index contributed by atoms with van der Waals surface area (Å²) >= 11 is 0. The molecule has 0 bridgehead atoms. The molecule has 3 atom stereocenters. The van der Waals surface area contributed by atoms with Crippen molar-refractivity contribution in [2.45, 2.75) is 58.4 Å². The normalized spacial score (nSPS) is 28.6. The fourth-order valence-corrected chi connectivity index (χ4v) is 4.54. The SMILES string of the molecule is C[C@H]1[C@H](C)CCC[C@@H]1NC(=O)CN1CCC(Cc2ccccc2)CC1. The highest BCUT2D eigenvalue weighted by Crippen LogP contribution is 2.29. The van der Waals surface area contributed by atoms with E-state index in [9.17, 15) is 4.79 Å². The van der Waals surface area contributed by atoms with Gasteiger partial charge in [-0.1, -0.05) is 57.0 Å². The van der Waals surface area contributed by atoms with Crippen molar-refractivity contribution in [2.24, 2.45) is 17.8 Å². The molecule has 1 aromatic rings. The predicted octanol–water partition coefficient (Wildman–Crippen LogP) is 3.88. The van der Waals surface area contributed by atoms with Crippen LogP contribution in [0.5, 0.6) is 0 Å². The van der Waals surface area contributed by atoms with Crippen LogP contribution in [-0.2, 0) is 11.2 Å². The Hall–Kier alpha value is -1.35. The van der Waals surface area contributed by atoms with Gasteiger partial charge in [-0.05, 0) is 62.1 Å². The summed E-state index contributed by atoms with van der Waals surface area (Å²) in [6.07, 6.45) is 7.30. The fourth-order valence-electron chi connectivity index (χ4n) is 4.54. The summed E-state index contributed by atoms with van der Waals surface area (Å²) in [6.45, 7) is 7.31. The Labute approximate surface area is 153 Å². The first-order valence-corrected chi connectivity index (χ1v) is 10.2. The van der Waals surface area contributed by atoms with E-state index in [2.05, 4.69) is 54.4 Å².